The van der Waals surface area contributed by atoms with E-state index in [9.17, 15) is 18.4 Å². The molecular formula is C14H18F2O2S. The number of ketones is 2. The van der Waals surface area contributed by atoms with Crippen LogP contribution in [0.1, 0.15) is 53.6 Å². The second-order valence-electron chi connectivity index (χ2n) is 4.44. The van der Waals surface area contributed by atoms with Crippen molar-refractivity contribution < 1.29 is 18.4 Å². The predicted molar refractivity (Wildman–Crippen MR) is 72.1 cm³/mol. The minimum atomic E-state index is -3.06. The van der Waals surface area contributed by atoms with Gasteiger partial charge in [-0.05, 0) is 25.0 Å². The van der Waals surface area contributed by atoms with Crippen LogP contribution in [0.5, 0.6) is 0 Å². The second-order valence-corrected chi connectivity index (χ2v) is 5.61. The fraction of sp³-hybridized carbons (Fsp3) is 0.571. The van der Waals surface area contributed by atoms with Gasteiger partial charge in [-0.15, -0.1) is 11.3 Å². The fourth-order valence-corrected chi connectivity index (χ4v) is 2.70. The van der Waals surface area contributed by atoms with E-state index in [0.717, 1.165) is 24.1 Å². The van der Waals surface area contributed by atoms with Gasteiger partial charge in [0.1, 0.15) is 0 Å². The third-order valence-corrected chi connectivity index (χ3v) is 3.98. The van der Waals surface area contributed by atoms with Crippen LogP contribution in [0.15, 0.2) is 12.1 Å². The van der Waals surface area contributed by atoms with E-state index < -0.39 is 24.4 Å². The first kappa shape index (κ1) is 16.0. The first-order valence-corrected chi connectivity index (χ1v) is 7.29. The summed E-state index contributed by atoms with van der Waals surface area (Å²) in [6.45, 7) is 2.14. The number of unbranched alkanes of at least 4 members (excludes halogenated alkanes) is 3. The number of halogens is 2. The molecule has 0 N–H and O–H groups in total. The maximum Gasteiger partial charge on any atom is 0.296 e. The van der Waals surface area contributed by atoms with E-state index in [-0.39, 0.29) is 0 Å². The van der Waals surface area contributed by atoms with Crippen LogP contribution in [0, 0.1) is 0 Å². The zero-order chi connectivity index (χ0) is 14.3. The van der Waals surface area contributed by atoms with E-state index in [0.29, 0.717) is 4.88 Å². The summed E-state index contributed by atoms with van der Waals surface area (Å²) in [4.78, 5) is 23.9. The highest BCUT2D eigenvalue weighted by Crippen LogP contribution is 2.21. The molecule has 0 atom stereocenters. The lowest BCUT2D eigenvalue weighted by Gasteiger charge is -1.98. The molecule has 0 saturated carbocycles. The number of carbonyl (C=O) groups excluding carboxylic acids is 2. The Morgan fingerprint density at radius 3 is 2.58 bits per heavy atom. The molecule has 0 fully saturated rings. The largest absolute Gasteiger partial charge is 0.296 e. The monoisotopic (exact) mass is 288 g/mol. The predicted octanol–water partition coefficient (Wildman–Crippen LogP) is 4.28. The van der Waals surface area contributed by atoms with E-state index >= 15 is 0 Å². The van der Waals surface area contributed by atoms with Crippen molar-refractivity contribution >= 4 is 22.9 Å². The minimum Gasteiger partial charge on any atom is -0.293 e. The molecule has 0 radical (unpaired) electrons. The van der Waals surface area contributed by atoms with Gasteiger partial charge in [0.25, 0.3) is 6.43 Å². The molecule has 1 rings (SSSR count). The van der Waals surface area contributed by atoms with Gasteiger partial charge < -0.3 is 0 Å². The third-order valence-electron chi connectivity index (χ3n) is 2.79. The molecule has 0 spiro atoms. The summed E-state index contributed by atoms with van der Waals surface area (Å²) in [5.41, 5.74) is 0. The Labute approximate surface area is 115 Å². The second kappa shape index (κ2) is 8.15. The van der Waals surface area contributed by atoms with E-state index in [1.807, 2.05) is 6.07 Å². The van der Waals surface area contributed by atoms with E-state index in [1.165, 1.54) is 24.2 Å². The molecule has 0 aliphatic heterocycles. The summed E-state index contributed by atoms with van der Waals surface area (Å²) in [5.74, 6) is -1.81. The van der Waals surface area contributed by atoms with Gasteiger partial charge in [-0.2, -0.15) is 0 Å². The topological polar surface area (TPSA) is 34.1 Å². The Morgan fingerprint density at radius 1 is 1.21 bits per heavy atom. The lowest BCUT2D eigenvalue weighted by atomic mass is 10.1. The lowest BCUT2D eigenvalue weighted by molar-refractivity contribution is -0.128. The van der Waals surface area contributed by atoms with Crippen LogP contribution >= 0.6 is 11.3 Å². The van der Waals surface area contributed by atoms with E-state index in [4.69, 9.17) is 0 Å². The molecule has 19 heavy (non-hydrogen) atoms. The van der Waals surface area contributed by atoms with Crippen molar-refractivity contribution in [1.29, 1.82) is 0 Å². The highest BCUT2D eigenvalue weighted by molar-refractivity contribution is 7.14. The summed E-state index contributed by atoms with van der Waals surface area (Å²) in [6.07, 6.45) is 1.73. The van der Waals surface area contributed by atoms with Gasteiger partial charge in [0.05, 0.1) is 11.3 Å². The van der Waals surface area contributed by atoms with Gasteiger partial charge in [0, 0.05) is 4.88 Å². The normalized spacial score (nSPS) is 10.9. The molecule has 2 nitrogen and oxygen atoms in total. The quantitative estimate of drug-likeness (QED) is 0.386. The van der Waals surface area contributed by atoms with Gasteiger partial charge in [-0.25, -0.2) is 8.78 Å². The highest BCUT2D eigenvalue weighted by atomic mass is 32.1. The molecule has 5 heteroatoms. The van der Waals surface area contributed by atoms with Crippen LogP contribution in [0.3, 0.4) is 0 Å². The number of hydrogen-bond donors (Lipinski definition) is 0. The summed E-state index contributed by atoms with van der Waals surface area (Å²) in [6, 6.07) is 3.47. The van der Waals surface area contributed by atoms with Gasteiger partial charge in [-0.1, -0.05) is 26.2 Å². The number of aryl methyl sites for hydroxylation is 1. The van der Waals surface area contributed by atoms with Crippen molar-refractivity contribution in [3.8, 4) is 0 Å². The van der Waals surface area contributed by atoms with Crippen LogP contribution in [-0.4, -0.2) is 18.0 Å². The molecule has 106 valence electrons. The van der Waals surface area contributed by atoms with Crippen LogP contribution < -0.4 is 0 Å². The SMILES string of the molecule is CCCCCCc1ccc(C(=O)CC(=O)C(F)F)s1. The van der Waals surface area contributed by atoms with Crippen molar-refractivity contribution in [2.24, 2.45) is 0 Å². The molecule has 1 aromatic heterocycles. The zero-order valence-electron chi connectivity index (χ0n) is 11.0. The lowest BCUT2D eigenvalue weighted by Crippen LogP contribution is -2.14. The molecular weight excluding hydrogens is 270 g/mol. The van der Waals surface area contributed by atoms with Crippen LogP contribution in [0.25, 0.3) is 0 Å². The third kappa shape index (κ3) is 5.59. The Balaban J connectivity index is 2.45. The first-order valence-electron chi connectivity index (χ1n) is 6.47. The molecule has 0 saturated heterocycles. The number of carbonyl (C=O) groups is 2. The Bertz CT molecular complexity index is 427. The Hall–Kier alpha value is -1.10. The number of thiophene rings is 1. The summed E-state index contributed by atoms with van der Waals surface area (Å²) in [7, 11) is 0. The molecule has 0 aliphatic carbocycles. The zero-order valence-corrected chi connectivity index (χ0v) is 11.8. The van der Waals surface area contributed by atoms with Crippen molar-refractivity contribution in [2.45, 2.75) is 51.9 Å². The van der Waals surface area contributed by atoms with Crippen molar-refractivity contribution in [3.63, 3.8) is 0 Å². The smallest absolute Gasteiger partial charge is 0.293 e. The van der Waals surface area contributed by atoms with Crippen molar-refractivity contribution in [1.82, 2.24) is 0 Å². The molecule has 0 aromatic carbocycles. The van der Waals surface area contributed by atoms with Gasteiger partial charge in [-0.3, -0.25) is 9.59 Å². The average Bonchev–Trinajstić information content (AvgIpc) is 2.83. The van der Waals surface area contributed by atoms with Gasteiger partial charge >= 0.3 is 0 Å². The van der Waals surface area contributed by atoms with Gasteiger partial charge in [0.15, 0.2) is 5.78 Å². The maximum atomic E-state index is 12.1. The number of hydrogen-bond acceptors (Lipinski definition) is 3. The highest BCUT2D eigenvalue weighted by Gasteiger charge is 2.20. The number of Topliss-reactive ketones (excluding diaryl/α,β-unsaturated/α-hetero) is 2. The molecule has 0 aliphatic rings. The standard InChI is InChI=1S/C14H18F2O2S/c1-2-3-4-5-6-10-7-8-13(19-10)11(17)9-12(18)14(15)16/h7-8,14H,2-6,9H2,1H3. The fourth-order valence-electron chi connectivity index (χ4n) is 1.71. The molecule has 1 aromatic rings. The van der Waals surface area contributed by atoms with Gasteiger partial charge in [0.2, 0.25) is 5.78 Å². The summed E-state index contributed by atoms with van der Waals surface area (Å²) in [5, 5.41) is 0. The van der Waals surface area contributed by atoms with E-state index in [2.05, 4.69) is 6.92 Å². The molecule has 1 heterocycles. The number of rotatable bonds is 9. The summed E-state index contributed by atoms with van der Waals surface area (Å²) < 4.78 is 24.1. The minimum absolute atomic E-state index is 0.402. The summed E-state index contributed by atoms with van der Waals surface area (Å²) >= 11 is 1.31. The van der Waals surface area contributed by atoms with Crippen LogP contribution in [-0.2, 0) is 11.2 Å². The average molecular weight is 288 g/mol. The maximum absolute atomic E-state index is 12.1. The van der Waals surface area contributed by atoms with Crippen LogP contribution in [0.4, 0.5) is 8.78 Å². The molecule has 0 amide bonds. The molecule has 0 unspecified atom stereocenters. The van der Waals surface area contributed by atoms with Crippen LogP contribution in [0.2, 0.25) is 0 Å². The number of alkyl halides is 2. The first-order chi connectivity index (χ1) is 9.04. The Morgan fingerprint density at radius 2 is 1.95 bits per heavy atom. The molecule has 0 bridgehead atoms. The van der Waals surface area contributed by atoms with Crippen molar-refractivity contribution in [2.75, 3.05) is 0 Å². The van der Waals surface area contributed by atoms with E-state index in [1.54, 1.807) is 6.07 Å². The van der Waals surface area contributed by atoms with Crippen molar-refractivity contribution in [3.05, 3.63) is 21.9 Å². The Kier molecular flexibility index (Phi) is 6.84.